The molecule has 136 valence electrons. The van der Waals surface area contributed by atoms with Crippen LogP contribution in [0.5, 0.6) is 0 Å². The average molecular weight is 373 g/mol. The average Bonchev–Trinajstić information content (AvgIpc) is 3.08. The highest BCUT2D eigenvalue weighted by Crippen LogP contribution is 2.20. The van der Waals surface area contributed by atoms with Crippen molar-refractivity contribution in [3.05, 3.63) is 46.5 Å². The van der Waals surface area contributed by atoms with Gasteiger partial charge in [0, 0.05) is 29.7 Å². The van der Waals surface area contributed by atoms with E-state index in [0.717, 1.165) is 0 Å². The predicted octanol–water partition coefficient (Wildman–Crippen LogP) is 2.64. The van der Waals surface area contributed by atoms with Gasteiger partial charge in [-0.1, -0.05) is 0 Å². The van der Waals surface area contributed by atoms with E-state index in [9.17, 15) is 14.4 Å². The number of hydrogen-bond donors (Lipinski definition) is 2. The summed E-state index contributed by atoms with van der Waals surface area (Å²) in [5.41, 5.74) is 2.34. The van der Waals surface area contributed by atoms with Gasteiger partial charge in [-0.15, -0.1) is 0 Å². The van der Waals surface area contributed by atoms with Gasteiger partial charge in [-0.3, -0.25) is 14.4 Å². The Morgan fingerprint density at radius 2 is 1.85 bits per heavy atom. The third-order valence-electron chi connectivity index (χ3n) is 4.52. The van der Waals surface area contributed by atoms with Crippen LogP contribution in [0.15, 0.2) is 29.6 Å². The minimum Gasteiger partial charge on any atom is -0.481 e. The standard InChI is InChI=1S/C18H19N3O4S/c1-11-15(10-26-20-11)16(22)19-14-4-2-12(3-5-14)17(23)21-8-6-13(7-9-21)18(24)25/h2-5,10,13H,6-9H2,1H3,(H,19,22)(H,24,25). The Bertz CT molecular complexity index is 823. The van der Waals surface area contributed by atoms with Gasteiger partial charge in [0.05, 0.1) is 17.2 Å². The maximum atomic E-state index is 12.5. The van der Waals surface area contributed by atoms with Crippen LogP contribution in [0.3, 0.4) is 0 Å². The highest BCUT2D eigenvalue weighted by molar-refractivity contribution is 7.04. The van der Waals surface area contributed by atoms with Crippen LogP contribution in [0.1, 0.15) is 39.3 Å². The van der Waals surface area contributed by atoms with Crippen molar-refractivity contribution in [1.29, 1.82) is 0 Å². The molecule has 2 amide bonds. The zero-order valence-corrected chi connectivity index (χ0v) is 15.1. The number of carboxylic acid groups (broad SMARTS) is 1. The van der Waals surface area contributed by atoms with Crippen molar-refractivity contribution in [3.63, 3.8) is 0 Å². The number of benzene rings is 1. The fourth-order valence-corrected chi connectivity index (χ4v) is 3.61. The van der Waals surface area contributed by atoms with Crippen LogP contribution in [0, 0.1) is 12.8 Å². The molecule has 1 aliphatic rings. The molecule has 0 saturated carbocycles. The summed E-state index contributed by atoms with van der Waals surface area (Å²) in [6.07, 6.45) is 0.951. The van der Waals surface area contributed by atoms with E-state index in [1.807, 2.05) is 0 Å². The molecule has 0 aliphatic carbocycles. The molecular weight excluding hydrogens is 354 g/mol. The smallest absolute Gasteiger partial charge is 0.306 e. The van der Waals surface area contributed by atoms with Crippen molar-refractivity contribution in [2.24, 2.45) is 5.92 Å². The lowest BCUT2D eigenvalue weighted by Gasteiger charge is -2.30. The summed E-state index contributed by atoms with van der Waals surface area (Å²) in [5.74, 6) is -1.52. The predicted molar refractivity (Wildman–Crippen MR) is 97.5 cm³/mol. The molecule has 2 heterocycles. The van der Waals surface area contributed by atoms with Gasteiger partial charge in [0.25, 0.3) is 11.8 Å². The van der Waals surface area contributed by atoms with Crippen LogP contribution in [0.4, 0.5) is 5.69 Å². The van der Waals surface area contributed by atoms with Gasteiger partial charge in [-0.25, -0.2) is 0 Å². The van der Waals surface area contributed by atoms with Gasteiger partial charge < -0.3 is 15.3 Å². The van der Waals surface area contributed by atoms with Crippen molar-refractivity contribution >= 4 is 35.0 Å². The molecule has 2 aromatic rings. The number of nitrogens with one attached hydrogen (secondary N) is 1. The first-order valence-corrected chi connectivity index (χ1v) is 9.14. The zero-order chi connectivity index (χ0) is 18.7. The largest absolute Gasteiger partial charge is 0.481 e. The maximum Gasteiger partial charge on any atom is 0.306 e. The van der Waals surface area contributed by atoms with Gasteiger partial charge >= 0.3 is 5.97 Å². The van der Waals surface area contributed by atoms with Crippen molar-refractivity contribution in [2.75, 3.05) is 18.4 Å². The number of carbonyl (C=O) groups is 3. The molecule has 7 nitrogen and oxygen atoms in total. The van der Waals surface area contributed by atoms with Gasteiger partial charge in [0.1, 0.15) is 0 Å². The van der Waals surface area contributed by atoms with Crippen LogP contribution in [-0.2, 0) is 4.79 Å². The second-order valence-electron chi connectivity index (χ2n) is 6.25. The number of aliphatic carboxylic acids is 1. The van der Waals surface area contributed by atoms with Crippen LogP contribution in [0.25, 0.3) is 0 Å². The van der Waals surface area contributed by atoms with Crippen LogP contribution >= 0.6 is 11.5 Å². The van der Waals surface area contributed by atoms with Gasteiger partial charge in [0.2, 0.25) is 0 Å². The quantitative estimate of drug-likeness (QED) is 0.858. The van der Waals surface area contributed by atoms with Crippen molar-refractivity contribution in [2.45, 2.75) is 19.8 Å². The number of aryl methyl sites for hydroxylation is 1. The summed E-state index contributed by atoms with van der Waals surface area (Å²) in [4.78, 5) is 37.4. The number of likely N-dealkylation sites (tertiary alicyclic amines) is 1. The normalized spacial score (nSPS) is 14.9. The maximum absolute atomic E-state index is 12.5. The molecule has 0 bridgehead atoms. The highest BCUT2D eigenvalue weighted by atomic mass is 32.1. The molecule has 0 spiro atoms. The lowest BCUT2D eigenvalue weighted by molar-refractivity contribution is -0.143. The molecule has 1 aromatic heterocycles. The first-order chi connectivity index (χ1) is 12.5. The summed E-state index contributed by atoms with van der Waals surface area (Å²) in [6.45, 7) is 2.66. The van der Waals surface area contributed by atoms with Gasteiger partial charge in [-0.05, 0) is 55.6 Å². The minimum atomic E-state index is -0.798. The monoisotopic (exact) mass is 373 g/mol. The molecule has 0 atom stereocenters. The third kappa shape index (κ3) is 3.91. The zero-order valence-electron chi connectivity index (χ0n) is 14.3. The Balaban J connectivity index is 1.61. The molecular formula is C18H19N3O4S. The minimum absolute atomic E-state index is 0.121. The Morgan fingerprint density at radius 1 is 1.19 bits per heavy atom. The van der Waals surface area contributed by atoms with E-state index in [-0.39, 0.29) is 17.7 Å². The number of piperidine rings is 1. The number of nitrogens with zero attached hydrogens (tertiary/aromatic N) is 2. The Kier molecular flexibility index (Phi) is 5.32. The van der Waals surface area contributed by atoms with E-state index >= 15 is 0 Å². The molecule has 1 saturated heterocycles. The first-order valence-electron chi connectivity index (χ1n) is 8.30. The number of carboxylic acids is 1. The molecule has 2 N–H and O–H groups in total. The number of anilines is 1. The second-order valence-corrected chi connectivity index (χ2v) is 6.88. The summed E-state index contributed by atoms with van der Waals surface area (Å²) in [7, 11) is 0. The van der Waals surface area contributed by atoms with Crippen LogP contribution < -0.4 is 5.32 Å². The topological polar surface area (TPSA) is 99.6 Å². The number of amides is 2. The van der Waals surface area contributed by atoms with Crippen LogP contribution in [0.2, 0.25) is 0 Å². The van der Waals surface area contributed by atoms with Crippen molar-refractivity contribution < 1.29 is 19.5 Å². The van der Waals surface area contributed by atoms with E-state index in [4.69, 9.17) is 5.11 Å². The number of rotatable bonds is 4. The molecule has 1 fully saturated rings. The summed E-state index contributed by atoms with van der Waals surface area (Å²) < 4.78 is 4.08. The molecule has 0 radical (unpaired) electrons. The Morgan fingerprint density at radius 3 is 2.38 bits per heavy atom. The Hall–Kier alpha value is -2.74. The molecule has 8 heteroatoms. The van der Waals surface area contributed by atoms with Gasteiger partial charge in [0.15, 0.2) is 0 Å². The lowest BCUT2D eigenvalue weighted by Crippen LogP contribution is -2.40. The fourth-order valence-electron chi connectivity index (χ4n) is 2.92. The van der Waals surface area contributed by atoms with E-state index in [2.05, 4.69) is 9.69 Å². The summed E-state index contributed by atoms with van der Waals surface area (Å²) in [5, 5.41) is 13.5. The van der Waals surface area contributed by atoms with Crippen molar-refractivity contribution in [3.8, 4) is 0 Å². The lowest BCUT2D eigenvalue weighted by atomic mass is 9.96. The molecule has 1 aromatic carbocycles. The third-order valence-corrected chi connectivity index (χ3v) is 5.24. The molecule has 3 rings (SSSR count). The van der Waals surface area contributed by atoms with E-state index in [1.165, 1.54) is 11.5 Å². The Labute approximate surface area is 154 Å². The van der Waals surface area contributed by atoms with E-state index in [0.29, 0.717) is 48.4 Å². The second kappa shape index (κ2) is 7.65. The molecule has 1 aliphatic heterocycles. The van der Waals surface area contributed by atoms with E-state index in [1.54, 1.807) is 41.5 Å². The van der Waals surface area contributed by atoms with Gasteiger partial charge in [-0.2, -0.15) is 4.37 Å². The number of carbonyl (C=O) groups excluding carboxylic acids is 2. The summed E-state index contributed by atoms with van der Waals surface area (Å²) in [6, 6.07) is 6.70. The SMILES string of the molecule is Cc1nscc1C(=O)Nc1ccc(C(=O)N2CCC(C(=O)O)CC2)cc1. The molecule has 0 unspecified atom stereocenters. The number of aromatic nitrogens is 1. The number of hydrogen-bond acceptors (Lipinski definition) is 5. The highest BCUT2D eigenvalue weighted by Gasteiger charge is 2.27. The molecule has 26 heavy (non-hydrogen) atoms. The fraction of sp³-hybridized carbons (Fsp3) is 0.333. The van der Waals surface area contributed by atoms with Crippen LogP contribution in [-0.4, -0.2) is 45.3 Å². The van der Waals surface area contributed by atoms with E-state index < -0.39 is 5.97 Å². The first kappa shape index (κ1) is 18.1. The summed E-state index contributed by atoms with van der Waals surface area (Å²) >= 11 is 1.23. The van der Waals surface area contributed by atoms with Crippen molar-refractivity contribution in [1.82, 2.24) is 9.27 Å².